The molecule has 3 aromatic carbocycles. The van der Waals surface area contributed by atoms with Crippen LogP contribution in [0.3, 0.4) is 0 Å². The summed E-state index contributed by atoms with van der Waals surface area (Å²) in [4.78, 5) is 4.96. The Kier molecular flexibility index (Phi) is 4.37. The first kappa shape index (κ1) is 17.3. The summed E-state index contributed by atoms with van der Waals surface area (Å²) in [6, 6.07) is 31.1. The van der Waals surface area contributed by atoms with Gasteiger partial charge in [-0.05, 0) is 18.6 Å². The van der Waals surface area contributed by atoms with Crippen LogP contribution in [0.25, 0.3) is 28.0 Å². The van der Waals surface area contributed by atoms with E-state index in [1.54, 1.807) is 0 Å². The standard InChI is InChI=1S/C25H20N4/c1-18-12-14-20(15-13-18)22-17-23-25(21-10-6-3-7-11-21)27-28-29(23)24(26-22)16-19-8-4-2-5-9-19/h2-15,17H,16H2,1H3. The number of nitrogens with zero attached hydrogens (tertiary/aromatic N) is 4. The van der Waals surface area contributed by atoms with Gasteiger partial charge in [-0.15, -0.1) is 5.10 Å². The van der Waals surface area contributed by atoms with Crippen molar-refractivity contribution < 1.29 is 0 Å². The van der Waals surface area contributed by atoms with E-state index in [0.29, 0.717) is 6.42 Å². The van der Waals surface area contributed by atoms with Crippen molar-refractivity contribution in [2.45, 2.75) is 13.3 Å². The molecule has 0 amide bonds. The molecule has 0 aliphatic rings. The van der Waals surface area contributed by atoms with Crippen molar-refractivity contribution in [3.05, 3.63) is 108 Å². The lowest BCUT2D eigenvalue weighted by Gasteiger charge is -2.09. The number of benzene rings is 3. The maximum atomic E-state index is 4.96. The Labute approximate surface area is 169 Å². The van der Waals surface area contributed by atoms with Gasteiger partial charge in [0.1, 0.15) is 11.5 Å². The molecule has 5 aromatic rings. The molecule has 4 heteroatoms. The zero-order valence-corrected chi connectivity index (χ0v) is 16.2. The van der Waals surface area contributed by atoms with Gasteiger partial charge in [-0.1, -0.05) is 95.7 Å². The molecular weight excluding hydrogens is 356 g/mol. The summed E-state index contributed by atoms with van der Waals surface area (Å²) in [5, 5.41) is 8.93. The predicted molar refractivity (Wildman–Crippen MR) is 116 cm³/mol. The minimum absolute atomic E-state index is 0.689. The van der Waals surface area contributed by atoms with Crippen LogP contribution in [0.4, 0.5) is 0 Å². The minimum atomic E-state index is 0.689. The summed E-state index contributed by atoms with van der Waals surface area (Å²) in [7, 11) is 0. The number of aryl methyl sites for hydroxylation is 1. The highest BCUT2D eigenvalue weighted by molar-refractivity contribution is 5.79. The van der Waals surface area contributed by atoms with Crippen LogP contribution < -0.4 is 0 Å². The molecule has 0 saturated carbocycles. The maximum absolute atomic E-state index is 4.96. The number of fused-ring (bicyclic) bond motifs is 1. The molecule has 0 bridgehead atoms. The van der Waals surface area contributed by atoms with E-state index in [-0.39, 0.29) is 0 Å². The molecule has 0 aliphatic carbocycles. The highest BCUT2D eigenvalue weighted by Crippen LogP contribution is 2.27. The Morgan fingerprint density at radius 3 is 2.17 bits per heavy atom. The van der Waals surface area contributed by atoms with Gasteiger partial charge in [-0.2, -0.15) is 4.52 Å². The lowest BCUT2D eigenvalue weighted by molar-refractivity contribution is 0.776. The second kappa shape index (κ2) is 7.32. The maximum Gasteiger partial charge on any atom is 0.137 e. The van der Waals surface area contributed by atoms with Gasteiger partial charge in [0.05, 0.1) is 11.2 Å². The number of rotatable bonds is 4. The summed E-state index contributed by atoms with van der Waals surface area (Å²) in [6.07, 6.45) is 0.689. The SMILES string of the molecule is Cc1ccc(-c2cc3c(-c4ccccc4)nnn3c(Cc3ccccc3)n2)cc1. The van der Waals surface area contributed by atoms with E-state index in [9.17, 15) is 0 Å². The zero-order valence-electron chi connectivity index (χ0n) is 16.2. The highest BCUT2D eigenvalue weighted by atomic mass is 15.4. The zero-order chi connectivity index (χ0) is 19.6. The van der Waals surface area contributed by atoms with Crippen molar-refractivity contribution in [3.63, 3.8) is 0 Å². The van der Waals surface area contributed by atoms with Gasteiger partial charge < -0.3 is 0 Å². The van der Waals surface area contributed by atoms with Gasteiger partial charge in [-0.3, -0.25) is 0 Å². The number of hydrogen-bond acceptors (Lipinski definition) is 3. The van der Waals surface area contributed by atoms with E-state index >= 15 is 0 Å². The van der Waals surface area contributed by atoms with Crippen LogP contribution in [-0.2, 0) is 6.42 Å². The third-order valence-electron chi connectivity index (χ3n) is 5.07. The van der Waals surface area contributed by atoms with Crippen molar-refractivity contribution in [1.29, 1.82) is 0 Å². The lowest BCUT2D eigenvalue weighted by Crippen LogP contribution is -2.05. The van der Waals surface area contributed by atoms with E-state index in [0.717, 1.165) is 33.9 Å². The van der Waals surface area contributed by atoms with E-state index in [1.807, 2.05) is 40.9 Å². The van der Waals surface area contributed by atoms with Gasteiger partial charge >= 0.3 is 0 Å². The number of hydrogen-bond donors (Lipinski definition) is 0. The second-order valence-electron chi connectivity index (χ2n) is 7.19. The topological polar surface area (TPSA) is 43.1 Å². The van der Waals surface area contributed by atoms with Crippen molar-refractivity contribution >= 4 is 5.52 Å². The third kappa shape index (κ3) is 3.41. The molecule has 4 nitrogen and oxygen atoms in total. The third-order valence-corrected chi connectivity index (χ3v) is 5.07. The fourth-order valence-electron chi connectivity index (χ4n) is 3.52. The molecule has 140 valence electrons. The first-order chi connectivity index (χ1) is 14.3. The first-order valence-corrected chi connectivity index (χ1v) is 9.70. The van der Waals surface area contributed by atoms with E-state index < -0.39 is 0 Å². The molecule has 2 aromatic heterocycles. The Morgan fingerprint density at radius 2 is 1.45 bits per heavy atom. The average molecular weight is 376 g/mol. The van der Waals surface area contributed by atoms with Crippen LogP contribution in [0.2, 0.25) is 0 Å². The Hall–Kier alpha value is -3.79. The molecule has 0 radical (unpaired) electrons. The molecule has 0 unspecified atom stereocenters. The molecule has 0 atom stereocenters. The van der Waals surface area contributed by atoms with Crippen LogP contribution in [0.5, 0.6) is 0 Å². The van der Waals surface area contributed by atoms with E-state index in [4.69, 9.17) is 4.98 Å². The van der Waals surface area contributed by atoms with Gasteiger partial charge in [0.25, 0.3) is 0 Å². The summed E-state index contributed by atoms with van der Waals surface area (Å²) in [6.45, 7) is 2.09. The largest absolute Gasteiger partial charge is 0.232 e. The summed E-state index contributed by atoms with van der Waals surface area (Å²) in [5.74, 6) is 0.874. The van der Waals surface area contributed by atoms with E-state index in [1.165, 1.54) is 11.1 Å². The molecule has 0 N–H and O–H groups in total. The first-order valence-electron chi connectivity index (χ1n) is 9.70. The number of aromatic nitrogens is 4. The van der Waals surface area contributed by atoms with Crippen molar-refractivity contribution in [3.8, 4) is 22.5 Å². The molecule has 0 spiro atoms. The van der Waals surface area contributed by atoms with Gasteiger partial charge in [0.15, 0.2) is 0 Å². The molecule has 5 rings (SSSR count). The minimum Gasteiger partial charge on any atom is -0.232 e. The van der Waals surface area contributed by atoms with E-state index in [2.05, 4.69) is 71.8 Å². The summed E-state index contributed by atoms with van der Waals surface area (Å²) in [5.41, 5.74) is 7.34. The normalized spacial score (nSPS) is 11.1. The molecule has 0 aliphatic heterocycles. The average Bonchev–Trinajstić information content (AvgIpc) is 3.20. The van der Waals surface area contributed by atoms with Crippen LogP contribution in [0.15, 0.2) is 91.0 Å². The smallest absolute Gasteiger partial charge is 0.137 e. The molecule has 2 heterocycles. The fraction of sp³-hybridized carbons (Fsp3) is 0.0800. The lowest BCUT2D eigenvalue weighted by atomic mass is 10.1. The highest BCUT2D eigenvalue weighted by Gasteiger charge is 2.15. The van der Waals surface area contributed by atoms with Gasteiger partial charge in [-0.25, -0.2) is 4.98 Å². The fourth-order valence-corrected chi connectivity index (χ4v) is 3.52. The second-order valence-corrected chi connectivity index (χ2v) is 7.19. The Bertz CT molecular complexity index is 1260. The summed E-state index contributed by atoms with van der Waals surface area (Å²) >= 11 is 0. The Balaban J connectivity index is 1.71. The monoisotopic (exact) mass is 376 g/mol. The van der Waals surface area contributed by atoms with Crippen LogP contribution in [0.1, 0.15) is 17.0 Å². The Morgan fingerprint density at radius 1 is 0.759 bits per heavy atom. The van der Waals surface area contributed by atoms with Crippen molar-refractivity contribution in [2.24, 2.45) is 0 Å². The molecule has 0 fully saturated rings. The molecular formula is C25H20N4. The van der Waals surface area contributed by atoms with Gasteiger partial charge in [0.2, 0.25) is 0 Å². The predicted octanol–water partition coefficient (Wildman–Crippen LogP) is 5.36. The van der Waals surface area contributed by atoms with Crippen molar-refractivity contribution in [2.75, 3.05) is 0 Å². The molecule has 29 heavy (non-hydrogen) atoms. The summed E-state index contributed by atoms with van der Waals surface area (Å²) < 4.78 is 1.87. The van der Waals surface area contributed by atoms with Gasteiger partial charge in [0, 0.05) is 17.5 Å². The van der Waals surface area contributed by atoms with Crippen LogP contribution in [0, 0.1) is 6.92 Å². The van der Waals surface area contributed by atoms with Crippen LogP contribution >= 0.6 is 0 Å². The quantitative estimate of drug-likeness (QED) is 0.424. The molecule has 0 saturated heterocycles. The van der Waals surface area contributed by atoms with Crippen molar-refractivity contribution in [1.82, 2.24) is 19.8 Å². The van der Waals surface area contributed by atoms with Crippen LogP contribution in [-0.4, -0.2) is 19.8 Å².